The van der Waals surface area contributed by atoms with Crippen LogP contribution in [0.4, 0.5) is 0 Å². The topological polar surface area (TPSA) is 52.6 Å². The maximum absolute atomic E-state index is 13.2. The predicted octanol–water partition coefficient (Wildman–Crippen LogP) is 5.24. The molecule has 0 bridgehead atoms. The lowest BCUT2D eigenvalue weighted by atomic mass is 9.73. The van der Waals surface area contributed by atoms with Gasteiger partial charge < -0.3 is 9.31 Å². The Morgan fingerprint density at radius 3 is 1.83 bits per heavy atom. The summed E-state index contributed by atoms with van der Waals surface area (Å²) in [6, 6.07) is 18.4. The molecule has 1 heterocycles. The van der Waals surface area contributed by atoms with Gasteiger partial charge in [0.2, 0.25) is 0 Å². The maximum Gasteiger partial charge on any atom is 0.458 e. The molecule has 0 N–H and O–H groups in total. The molecular formula is C24H29BO4. The Balaban J connectivity index is 1.73. The SMILES string of the molecule is CC1(C)OB(CC(CCC(=O)c2ccccc2)C(=O)c2ccccc2)OC1(C)C. The van der Waals surface area contributed by atoms with Crippen LogP contribution in [0.15, 0.2) is 60.7 Å². The lowest BCUT2D eigenvalue weighted by Crippen LogP contribution is -2.41. The summed E-state index contributed by atoms with van der Waals surface area (Å²) in [7, 11) is -0.468. The van der Waals surface area contributed by atoms with E-state index in [1.165, 1.54) is 0 Å². The van der Waals surface area contributed by atoms with Crippen molar-refractivity contribution in [1.29, 1.82) is 0 Å². The van der Waals surface area contributed by atoms with E-state index >= 15 is 0 Å². The number of ketones is 2. The quantitative estimate of drug-likeness (QED) is 0.455. The van der Waals surface area contributed by atoms with Crippen molar-refractivity contribution in [2.45, 2.75) is 58.1 Å². The minimum absolute atomic E-state index is 0.0289. The molecule has 0 amide bonds. The minimum atomic E-state index is -0.468. The van der Waals surface area contributed by atoms with E-state index in [-0.39, 0.29) is 17.5 Å². The number of rotatable bonds is 8. The van der Waals surface area contributed by atoms with Crippen LogP contribution in [0.3, 0.4) is 0 Å². The summed E-state index contributed by atoms with van der Waals surface area (Å²) < 4.78 is 12.2. The zero-order valence-electron chi connectivity index (χ0n) is 17.7. The average molecular weight is 392 g/mol. The molecule has 0 aromatic heterocycles. The third-order valence-corrected chi connectivity index (χ3v) is 6.02. The summed E-state index contributed by atoms with van der Waals surface area (Å²) in [6.45, 7) is 8.00. The van der Waals surface area contributed by atoms with Crippen LogP contribution in [-0.4, -0.2) is 29.9 Å². The van der Waals surface area contributed by atoms with Gasteiger partial charge in [-0.1, -0.05) is 60.7 Å². The van der Waals surface area contributed by atoms with E-state index in [1.54, 1.807) is 0 Å². The Morgan fingerprint density at radius 2 is 1.31 bits per heavy atom. The molecule has 0 radical (unpaired) electrons. The second-order valence-corrected chi connectivity index (χ2v) is 8.68. The van der Waals surface area contributed by atoms with Crippen molar-refractivity contribution in [3.63, 3.8) is 0 Å². The zero-order valence-corrected chi connectivity index (χ0v) is 17.7. The van der Waals surface area contributed by atoms with Crippen LogP contribution >= 0.6 is 0 Å². The molecule has 3 rings (SSSR count). The summed E-state index contributed by atoms with van der Waals surface area (Å²) in [5.74, 6) is -0.272. The summed E-state index contributed by atoms with van der Waals surface area (Å²) in [6.07, 6.45) is 1.21. The monoisotopic (exact) mass is 392 g/mol. The lowest BCUT2D eigenvalue weighted by Gasteiger charge is -2.32. The van der Waals surface area contributed by atoms with Crippen molar-refractivity contribution in [2.24, 2.45) is 5.92 Å². The number of benzene rings is 2. The maximum atomic E-state index is 13.2. The number of carbonyl (C=O) groups excluding carboxylic acids is 2. The van der Waals surface area contributed by atoms with E-state index in [4.69, 9.17) is 9.31 Å². The van der Waals surface area contributed by atoms with Crippen LogP contribution in [0.25, 0.3) is 0 Å². The van der Waals surface area contributed by atoms with Crippen LogP contribution in [0.1, 0.15) is 61.3 Å². The van der Waals surface area contributed by atoms with Gasteiger partial charge in [0.1, 0.15) is 0 Å². The van der Waals surface area contributed by atoms with Crippen LogP contribution in [0, 0.1) is 5.92 Å². The van der Waals surface area contributed by atoms with Gasteiger partial charge in [0.05, 0.1) is 11.2 Å². The molecule has 0 aliphatic carbocycles. The summed E-state index contributed by atoms with van der Waals surface area (Å²) in [4.78, 5) is 25.8. The van der Waals surface area contributed by atoms with Gasteiger partial charge in [-0.15, -0.1) is 0 Å². The molecule has 1 aliphatic heterocycles. The molecule has 1 aliphatic rings. The fourth-order valence-electron chi connectivity index (χ4n) is 3.56. The standard InChI is InChI=1S/C24H29BO4/c1-23(2)24(3,4)29-25(28-23)17-20(22(27)19-13-9-6-10-14-19)15-16-21(26)18-11-7-5-8-12-18/h5-14,20H,15-17H2,1-4H3. The molecule has 4 nitrogen and oxygen atoms in total. The highest BCUT2D eigenvalue weighted by Gasteiger charge is 2.51. The first-order chi connectivity index (χ1) is 13.7. The van der Waals surface area contributed by atoms with Gasteiger partial charge in [0.25, 0.3) is 0 Å². The second kappa shape index (κ2) is 8.64. The van der Waals surface area contributed by atoms with Crippen molar-refractivity contribution >= 4 is 18.7 Å². The Morgan fingerprint density at radius 1 is 0.828 bits per heavy atom. The van der Waals surface area contributed by atoms with Crippen LogP contribution in [0.5, 0.6) is 0 Å². The van der Waals surface area contributed by atoms with E-state index in [9.17, 15) is 9.59 Å². The van der Waals surface area contributed by atoms with Gasteiger partial charge in [-0.3, -0.25) is 9.59 Å². The molecule has 0 saturated carbocycles. The minimum Gasteiger partial charge on any atom is -0.403 e. The van der Waals surface area contributed by atoms with E-state index in [0.29, 0.717) is 30.3 Å². The third-order valence-electron chi connectivity index (χ3n) is 6.02. The molecule has 1 atom stereocenters. The summed E-state index contributed by atoms with van der Waals surface area (Å²) >= 11 is 0. The normalized spacial score (nSPS) is 18.4. The predicted molar refractivity (Wildman–Crippen MR) is 115 cm³/mol. The molecular weight excluding hydrogens is 363 g/mol. The Hall–Kier alpha value is -2.24. The average Bonchev–Trinajstić information content (AvgIpc) is 2.91. The molecule has 29 heavy (non-hydrogen) atoms. The zero-order chi connectivity index (χ0) is 21.1. The smallest absolute Gasteiger partial charge is 0.403 e. The van der Waals surface area contributed by atoms with Crippen LogP contribution in [-0.2, 0) is 9.31 Å². The molecule has 152 valence electrons. The lowest BCUT2D eigenvalue weighted by molar-refractivity contribution is 0.00578. The van der Waals surface area contributed by atoms with Crippen molar-refractivity contribution in [3.05, 3.63) is 71.8 Å². The van der Waals surface area contributed by atoms with Gasteiger partial charge in [0.15, 0.2) is 11.6 Å². The van der Waals surface area contributed by atoms with E-state index in [1.807, 2.05) is 88.4 Å². The van der Waals surface area contributed by atoms with Gasteiger partial charge in [-0.05, 0) is 40.4 Å². The first-order valence-corrected chi connectivity index (χ1v) is 10.2. The molecule has 1 unspecified atom stereocenters. The largest absolute Gasteiger partial charge is 0.458 e. The van der Waals surface area contributed by atoms with Gasteiger partial charge in [-0.2, -0.15) is 0 Å². The highest BCUT2D eigenvalue weighted by molar-refractivity contribution is 6.46. The molecule has 1 fully saturated rings. The Kier molecular flexibility index (Phi) is 6.40. The van der Waals surface area contributed by atoms with Crippen molar-refractivity contribution in [2.75, 3.05) is 0 Å². The van der Waals surface area contributed by atoms with Gasteiger partial charge in [-0.25, -0.2) is 0 Å². The first-order valence-electron chi connectivity index (χ1n) is 10.2. The van der Waals surface area contributed by atoms with E-state index in [2.05, 4.69) is 0 Å². The Bertz CT molecular complexity index is 830. The van der Waals surface area contributed by atoms with Crippen molar-refractivity contribution < 1.29 is 18.9 Å². The fourth-order valence-corrected chi connectivity index (χ4v) is 3.56. The summed E-state index contributed by atoms with van der Waals surface area (Å²) in [5.41, 5.74) is 0.436. The first kappa shape index (κ1) is 21.5. The van der Waals surface area contributed by atoms with E-state index in [0.717, 1.165) is 0 Å². The van der Waals surface area contributed by atoms with Crippen LogP contribution in [0.2, 0.25) is 6.32 Å². The number of Topliss-reactive ketones (excluding diaryl/α,β-unsaturated/α-hetero) is 2. The van der Waals surface area contributed by atoms with Crippen LogP contribution < -0.4 is 0 Å². The molecule has 5 heteroatoms. The number of hydrogen-bond acceptors (Lipinski definition) is 4. The van der Waals surface area contributed by atoms with Gasteiger partial charge >= 0.3 is 7.12 Å². The molecule has 0 spiro atoms. The fraction of sp³-hybridized carbons (Fsp3) is 0.417. The highest BCUT2D eigenvalue weighted by Crippen LogP contribution is 2.39. The highest BCUT2D eigenvalue weighted by atomic mass is 16.7. The summed E-state index contributed by atoms with van der Waals surface area (Å²) in [5, 5.41) is 0. The van der Waals surface area contributed by atoms with Crippen molar-refractivity contribution in [1.82, 2.24) is 0 Å². The third kappa shape index (κ3) is 5.03. The molecule has 1 saturated heterocycles. The van der Waals surface area contributed by atoms with Crippen molar-refractivity contribution in [3.8, 4) is 0 Å². The number of carbonyl (C=O) groups is 2. The molecule has 2 aromatic carbocycles. The Labute approximate surface area is 173 Å². The van der Waals surface area contributed by atoms with E-state index < -0.39 is 18.3 Å². The van der Waals surface area contributed by atoms with Gasteiger partial charge in [0, 0.05) is 23.5 Å². The molecule has 2 aromatic rings. The number of hydrogen-bond donors (Lipinski definition) is 0. The second-order valence-electron chi connectivity index (χ2n) is 8.68.